The maximum atomic E-state index is 10.2. The van der Waals surface area contributed by atoms with Gasteiger partial charge in [0, 0.05) is 0 Å². The number of thioether (sulfide) groups is 1. The Kier molecular flexibility index (Phi) is 5.27. The molecule has 0 aromatic heterocycles. The van der Waals surface area contributed by atoms with Crippen LogP contribution in [0.5, 0.6) is 0 Å². The Morgan fingerprint density at radius 1 is 1.73 bits per heavy atom. The highest BCUT2D eigenvalue weighted by molar-refractivity contribution is 7.99. The number of hydrogen-bond donors (Lipinski definition) is 3. The van der Waals surface area contributed by atoms with E-state index in [1.807, 2.05) is 0 Å². The van der Waals surface area contributed by atoms with Gasteiger partial charge in [0.2, 0.25) is 0 Å². The van der Waals surface area contributed by atoms with Gasteiger partial charge in [-0.25, -0.2) is 0 Å². The van der Waals surface area contributed by atoms with Gasteiger partial charge in [-0.1, -0.05) is 0 Å². The monoisotopic (exact) mass is 179 g/mol. The molecule has 0 radical (unpaired) electrons. The van der Waals surface area contributed by atoms with Gasteiger partial charge in [-0.05, 0) is 13.3 Å². The molecule has 0 amide bonds. The number of nitrogens with one attached hydrogen (secondary N) is 1. The quantitative estimate of drug-likeness (QED) is 0.507. The molecule has 0 aromatic carbocycles. The zero-order valence-corrected chi connectivity index (χ0v) is 7.39. The summed E-state index contributed by atoms with van der Waals surface area (Å²) >= 11 is 1.34. The zero-order valence-electron chi connectivity index (χ0n) is 6.57. The Labute approximate surface area is 70.0 Å². The minimum Gasteiger partial charge on any atom is -0.481 e. The highest BCUT2D eigenvalue weighted by atomic mass is 32.2. The molecule has 66 valence electrons. The fourth-order valence-electron chi connectivity index (χ4n) is 0.682. The summed E-state index contributed by atoms with van der Waals surface area (Å²) in [6.45, 7) is 0. The lowest BCUT2D eigenvalue weighted by atomic mass is 10.3. The summed E-state index contributed by atoms with van der Waals surface area (Å²) in [6, 6.07) is 0. The van der Waals surface area contributed by atoms with E-state index in [1.54, 1.807) is 13.3 Å². The number of carboxylic acid groups (broad SMARTS) is 1. The third kappa shape index (κ3) is 4.23. The number of hydrogen-bond acceptors (Lipinski definition) is 4. The smallest absolute Gasteiger partial charge is 0.304 e. The Morgan fingerprint density at radius 2 is 2.27 bits per heavy atom. The predicted octanol–water partition coefficient (Wildman–Crippen LogP) is -0.270. The maximum absolute atomic E-state index is 10.2. The first kappa shape index (κ1) is 10.7. The average Bonchev–Trinajstić information content (AvgIpc) is 1.98. The lowest BCUT2D eigenvalue weighted by Crippen LogP contribution is -2.36. The van der Waals surface area contributed by atoms with Crippen molar-refractivity contribution in [3.63, 3.8) is 0 Å². The van der Waals surface area contributed by atoms with Crippen LogP contribution >= 0.6 is 11.8 Å². The first-order chi connectivity index (χ1) is 5.11. The summed E-state index contributed by atoms with van der Waals surface area (Å²) in [4.78, 5) is 10.2. The third-order valence-electron chi connectivity index (χ3n) is 1.33. The molecule has 5 heteroatoms. The number of rotatable bonds is 5. The third-order valence-corrected chi connectivity index (χ3v) is 2.36. The standard InChI is InChI=1S/C6H13NO3S/c1-7-6(10)4(11-2)3-5(8)9/h4,6-7,10H,3H2,1-2H3,(H,8,9). The van der Waals surface area contributed by atoms with Gasteiger partial charge in [0.15, 0.2) is 0 Å². The van der Waals surface area contributed by atoms with Gasteiger partial charge in [0.1, 0.15) is 6.23 Å². The molecule has 4 nitrogen and oxygen atoms in total. The molecule has 0 aliphatic rings. The molecule has 0 heterocycles. The van der Waals surface area contributed by atoms with Crippen molar-refractivity contribution in [2.75, 3.05) is 13.3 Å². The second kappa shape index (κ2) is 5.40. The van der Waals surface area contributed by atoms with Crippen LogP contribution in [0.15, 0.2) is 0 Å². The van der Waals surface area contributed by atoms with E-state index in [4.69, 9.17) is 5.11 Å². The Balaban J connectivity index is 3.84. The highest BCUT2D eigenvalue weighted by Gasteiger charge is 2.18. The van der Waals surface area contributed by atoms with E-state index >= 15 is 0 Å². The molecule has 0 aliphatic heterocycles. The lowest BCUT2D eigenvalue weighted by molar-refractivity contribution is -0.137. The molecular weight excluding hydrogens is 166 g/mol. The van der Waals surface area contributed by atoms with Crippen LogP contribution in [-0.4, -0.2) is 41.0 Å². The van der Waals surface area contributed by atoms with Gasteiger partial charge in [-0.3, -0.25) is 10.1 Å². The van der Waals surface area contributed by atoms with Crippen LogP contribution in [0, 0.1) is 0 Å². The van der Waals surface area contributed by atoms with Crippen molar-refractivity contribution in [1.82, 2.24) is 5.32 Å². The van der Waals surface area contributed by atoms with E-state index in [0.717, 1.165) is 0 Å². The first-order valence-corrected chi connectivity index (χ1v) is 4.50. The number of aliphatic hydroxyl groups excluding tert-OH is 1. The van der Waals surface area contributed by atoms with Crippen molar-refractivity contribution in [2.45, 2.75) is 17.9 Å². The predicted molar refractivity (Wildman–Crippen MR) is 44.6 cm³/mol. The summed E-state index contributed by atoms with van der Waals surface area (Å²) < 4.78 is 0. The van der Waals surface area contributed by atoms with Crippen molar-refractivity contribution in [3.8, 4) is 0 Å². The number of aliphatic carboxylic acids is 1. The molecule has 0 spiro atoms. The molecule has 2 unspecified atom stereocenters. The van der Waals surface area contributed by atoms with Gasteiger partial charge in [-0.15, -0.1) is 0 Å². The maximum Gasteiger partial charge on any atom is 0.304 e. The van der Waals surface area contributed by atoms with Crippen molar-refractivity contribution >= 4 is 17.7 Å². The van der Waals surface area contributed by atoms with Crippen molar-refractivity contribution < 1.29 is 15.0 Å². The molecule has 0 saturated carbocycles. The van der Waals surface area contributed by atoms with Crippen LogP contribution in [0.1, 0.15) is 6.42 Å². The second-order valence-electron chi connectivity index (χ2n) is 2.11. The molecule has 11 heavy (non-hydrogen) atoms. The molecule has 0 saturated heterocycles. The Bertz CT molecular complexity index is 131. The number of carboxylic acids is 1. The van der Waals surface area contributed by atoms with E-state index in [9.17, 15) is 9.90 Å². The second-order valence-corrected chi connectivity index (χ2v) is 3.18. The molecular formula is C6H13NO3S. The van der Waals surface area contributed by atoms with Gasteiger partial charge < -0.3 is 10.2 Å². The topological polar surface area (TPSA) is 69.6 Å². The number of carbonyl (C=O) groups is 1. The van der Waals surface area contributed by atoms with Gasteiger partial charge in [0.05, 0.1) is 11.7 Å². The van der Waals surface area contributed by atoms with Crippen LogP contribution in [0.2, 0.25) is 0 Å². The fourth-order valence-corrected chi connectivity index (χ4v) is 1.38. The Morgan fingerprint density at radius 3 is 2.55 bits per heavy atom. The summed E-state index contributed by atoms with van der Waals surface area (Å²) in [5, 5.41) is 19.9. The van der Waals surface area contributed by atoms with Crippen LogP contribution in [-0.2, 0) is 4.79 Å². The Hall–Kier alpha value is -0.260. The summed E-state index contributed by atoms with van der Waals surface area (Å²) in [5.41, 5.74) is 0. The largest absolute Gasteiger partial charge is 0.481 e. The summed E-state index contributed by atoms with van der Waals surface area (Å²) in [6.07, 6.45) is 0.998. The SMILES string of the molecule is CNC(O)C(CC(=O)O)SC. The van der Waals surface area contributed by atoms with Gasteiger partial charge >= 0.3 is 5.97 Å². The fraction of sp³-hybridized carbons (Fsp3) is 0.833. The molecule has 0 bridgehead atoms. The average molecular weight is 179 g/mol. The normalized spacial score (nSPS) is 15.9. The van der Waals surface area contributed by atoms with Crippen molar-refractivity contribution in [3.05, 3.63) is 0 Å². The van der Waals surface area contributed by atoms with Crippen molar-refractivity contribution in [2.24, 2.45) is 0 Å². The minimum atomic E-state index is -0.890. The van der Waals surface area contributed by atoms with Gasteiger partial charge in [-0.2, -0.15) is 11.8 Å². The van der Waals surface area contributed by atoms with Crippen molar-refractivity contribution in [1.29, 1.82) is 0 Å². The van der Waals surface area contributed by atoms with E-state index in [-0.39, 0.29) is 11.7 Å². The first-order valence-electron chi connectivity index (χ1n) is 3.21. The molecule has 3 N–H and O–H groups in total. The number of aliphatic hydroxyl groups is 1. The molecule has 0 fully saturated rings. The van der Waals surface area contributed by atoms with E-state index in [1.165, 1.54) is 11.8 Å². The summed E-state index contributed by atoms with van der Waals surface area (Å²) in [7, 11) is 1.59. The van der Waals surface area contributed by atoms with Crippen LogP contribution in [0.3, 0.4) is 0 Å². The lowest BCUT2D eigenvalue weighted by Gasteiger charge is -2.17. The van der Waals surface area contributed by atoms with Crippen LogP contribution in [0.4, 0.5) is 0 Å². The summed E-state index contributed by atoms with van der Waals surface area (Å²) in [5.74, 6) is -0.890. The molecule has 0 rings (SSSR count). The van der Waals surface area contributed by atoms with E-state index in [0.29, 0.717) is 0 Å². The van der Waals surface area contributed by atoms with E-state index in [2.05, 4.69) is 5.32 Å². The van der Waals surface area contributed by atoms with Crippen LogP contribution in [0.25, 0.3) is 0 Å². The molecule has 0 aromatic rings. The molecule has 0 aliphatic carbocycles. The molecule has 2 atom stereocenters. The van der Waals surface area contributed by atoms with Gasteiger partial charge in [0.25, 0.3) is 0 Å². The van der Waals surface area contributed by atoms with Crippen LogP contribution < -0.4 is 5.32 Å². The zero-order chi connectivity index (χ0) is 8.85. The minimum absolute atomic E-state index is 0.0246. The van der Waals surface area contributed by atoms with E-state index < -0.39 is 12.2 Å². The highest BCUT2D eigenvalue weighted by Crippen LogP contribution is 2.13.